The van der Waals surface area contributed by atoms with E-state index < -0.39 is 12.1 Å². The van der Waals surface area contributed by atoms with Gasteiger partial charge in [-0.1, -0.05) is 20.3 Å². The van der Waals surface area contributed by atoms with E-state index in [9.17, 15) is 4.79 Å². The highest BCUT2D eigenvalue weighted by atomic mass is 16.4. The first-order chi connectivity index (χ1) is 4.59. The number of hydrogen-bond donors (Lipinski definition) is 2. The zero-order valence-electron chi connectivity index (χ0n) is 6.37. The Balaban J connectivity index is 3.69. The molecule has 0 aliphatic heterocycles. The van der Waals surface area contributed by atoms with Crippen LogP contribution in [0.3, 0.4) is 0 Å². The maximum absolute atomic E-state index is 10.2. The molecule has 0 aromatic carbocycles. The van der Waals surface area contributed by atoms with Crippen LogP contribution in [0.15, 0.2) is 0 Å². The van der Waals surface area contributed by atoms with E-state index in [1.807, 2.05) is 6.92 Å². The van der Waals surface area contributed by atoms with Crippen molar-refractivity contribution >= 4 is 5.97 Å². The molecule has 0 bridgehead atoms. The molecule has 0 aromatic rings. The second kappa shape index (κ2) is 4.28. The molecule has 0 aliphatic carbocycles. The lowest BCUT2D eigenvalue weighted by Gasteiger charge is -2.12. The maximum atomic E-state index is 10.2. The van der Waals surface area contributed by atoms with Crippen LogP contribution in [0.1, 0.15) is 26.7 Å². The zero-order valence-corrected chi connectivity index (χ0v) is 6.37. The highest BCUT2D eigenvalue weighted by Crippen LogP contribution is 2.09. The quantitative estimate of drug-likeness (QED) is 0.618. The molecule has 0 radical (unpaired) electrons. The third kappa shape index (κ3) is 2.82. The van der Waals surface area contributed by atoms with E-state index in [0.717, 1.165) is 12.8 Å². The number of rotatable bonds is 4. The highest BCUT2D eigenvalue weighted by molar-refractivity contribution is 5.72. The first-order valence-electron chi connectivity index (χ1n) is 3.50. The van der Waals surface area contributed by atoms with Crippen LogP contribution < -0.4 is 0 Å². The fourth-order valence-electron chi connectivity index (χ4n) is 0.857. The van der Waals surface area contributed by atoms with Crippen LogP contribution in [0.5, 0.6) is 0 Å². The van der Waals surface area contributed by atoms with Gasteiger partial charge in [0.2, 0.25) is 0 Å². The van der Waals surface area contributed by atoms with Gasteiger partial charge in [-0.3, -0.25) is 0 Å². The second-order valence-electron chi connectivity index (χ2n) is 2.55. The summed E-state index contributed by atoms with van der Waals surface area (Å²) >= 11 is 0. The van der Waals surface area contributed by atoms with E-state index >= 15 is 0 Å². The molecule has 60 valence electrons. The molecule has 2 atom stereocenters. The third-order valence-corrected chi connectivity index (χ3v) is 1.54. The van der Waals surface area contributed by atoms with Gasteiger partial charge in [0.15, 0.2) is 6.10 Å². The van der Waals surface area contributed by atoms with Crippen LogP contribution in [0, 0.1) is 5.92 Å². The average Bonchev–Trinajstić information content (AvgIpc) is 1.87. The highest BCUT2D eigenvalue weighted by Gasteiger charge is 2.19. The molecular formula is C7H14O3. The van der Waals surface area contributed by atoms with E-state index in [-0.39, 0.29) is 5.92 Å². The fourth-order valence-corrected chi connectivity index (χ4v) is 0.857. The van der Waals surface area contributed by atoms with Gasteiger partial charge in [-0.05, 0) is 12.3 Å². The van der Waals surface area contributed by atoms with Crippen LogP contribution in [0.4, 0.5) is 0 Å². The van der Waals surface area contributed by atoms with Crippen molar-refractivity contribution < 1.29 is 15.0 Å². The Bertz CT molecular complexity index is 111. The predicted molar refractivity (Wildman–Crippen MR) is 37.7 cm³/mol. The number of aliphatic carboxylic acids is 1. The summed E-state index contributed by atoms with van der Waals surface area (Å²) in [7, 11) is 0. The second-order valence-corrected chi connectivity index (χ2v) is 2.55. The van der Waals surface area contributed by atoms with E-state index in [2.05, 4.69) is 0 Å². The summed E-state index contributed by atoms with van der Waals surface area (Å²) in [5.74, 6) is -1.26. The van der Waals surface area contributed by atoms with Gasteiger partial charge >= 0.3 is 5.97 Å². The number of hydrogen-bond acceptors (Lipinski definition) is 2. The van der Waals surface area contributed by atoms with E-state index in [0.29, 0.717) is 0 Å². The van der Waals surface area contributed by atoms with Crippen LogP contribution >= 0.6 is 0 Å². The van der Waals surface area contributed by atoms with E-state index in [4.69, 9.17) is 10.2 Å². The topological polar surface area (TPSA) is 57.5 Å². The first kappa shape index (κ1) is 9.43. The Morgan fingerprint density at radius 2 is 2.10 bits per heavy atom. The Kier molecular flexibility index (Phi) is 4.03. The van der Waals surface area contributed by atoms with Crippen molar-refractivity contribution in [3.8, 4) is 0 Å². The van der Waals surface area contributed by atoms with Gasteiger partial charge in [-0.2, -0.15) is 0 Å². The van der Waals surface area contributed by atoms with Crippen molar-refractivity contribution in [2.24, 2.45) is 5.92 Å². The number of aliphatic hydroxyl groups is 1. The van der Waals surface area contributed by atoms with Gasteiger partial charge in [0.25, 0.3) is 0 Å². The Hall–Kier alpha value is -0.570. The summed E-state index contributed by atoms with van der Waals surface area (Å²) in [5.41, 5.74) is 0. The Morgan fingerprint density at radius 1 is 1.60 bits per heavy atom. The molecule has 2 N–H and O–H groups in total. The molecule has 10 heavy (non-hydrogen) atoms. The van der Waals surface area contributed by atoms with Crippen molar-refractivity contribution in [3.63, 3.8) is 0 Å². The molecular weight excluding hydrogens is 132 g/mol. The van der Waals surface area contributed by atoms with Crippen LogP contribution in [-0.2, 0) is 4.79 Å². The molecule has 3 nitrogen and oxygen atoms in total. The summed E-state index contributed by atoms with van der Waals surface area (Å²) < 4.78 is 0. The largest absolute Gasteiger partial charge is 0.479 e. The first-order valence-corrected chi connectivity index (χ1v) is 3.50. The molecule has 0 aromatic heterocycles. The van der Waals surface area contributed by atoms with Gasteiger partial charge < -0.3 is 10.2 Å². The smallest absolute Gasteiger partial charge is 0.332 e. The number of carboxylic acid groups (broad SMARTS) is 1. The van der Waals surface area contributed by atoms with Crippen molar-refractivity contribution in [3.05, 3.63) is 0 Å². The van der Waals surface area contributed by atoms with Crippen molar-refractivity contribution in [2.75, 3.05) is 0 Å². The average molecular weight is 146 g/mol. The van der Waals surface area contributed by atoms with Gasteiger partial charge in [-0.15, -0.1) is 0 Å². The lowest BCUT2D eigenvalue weighted by Crippen LogP contribution is -2.27. The summed E-state index contributed by atoms with van der Waals surface area (Å²) in [6, 6.07) is 0. The normalized spacial score (nSPS) is 16.3. The Labute approximate surface area is 60.7 Å². The van der Waals surface area contributed by atoms with Crippen molar-refractivity contribution in [2.45, 2.75) is 32.8 Å². The van der Waals surface area contributed by atoms with Gasteiger partial charge in [0.1, 0.15) is 0 Å². The molecule has 0 fully saturated rings. The standard InChI is InChI=1S/C7H14O3/c1-3-4-5(2)6(8)7(9)10/h5-6,8H,3-4H2,1-2H3,(H,9,10)/t5-,6?/m0/s1. The van der Waals surface area contributed by atoms with Gasteiger partial charge in [0, 0.05) is 0 Å². The van der Waals surface area contributed by atoms with Gasteiger partial charge in [0.05, 0.1) is 0 Å². The minimum atomic E-state index is -1.19. The summed E-state index contributed by atoms with van der Waals surface area (Å²) in [6.07, 6.45) is 0.471. The molecule has 0 rings (SSSR count). The zero-order chi connectivity index (χ0) is 8.15. The molecule has 0 saturated heterocycles. The minimum absolute atomic E-state index is 0.137. The van der Waals surface area contributed by atoms with Crippen LogP contribution in [0.25, 0.3) is 0 Å². The monoisotopic (exact) mass is 146 g/mol. The van der Waals surface area contributed by atoms with E-state index in [1.54, 1.807) is 6.92 Å². The molecule has 0 heterocycles. The molecule has 0 spiro atoms. The summed E-state index contributed by atoms with van der Waals surface area (Å²) in [6.45, 7) is 3.70. The van der Waals surface area contributed by atoms with E-state index in [1.165, 1.54) is 0 Å². The maximum Gasteiger partial charge on any atom is 0.332 e. The third-order valence-electron chi connectivity index (χ3n) is 1.54. The van der Waals surface area contributed by atoms with Crippen molar-refractivity contribution in [1.29, 1.82) is 0 Å². The number of carbonyl (C=O) groups is 1. The summed E-state index contributed by atoms with van der Waals surface area (Å²) in [5, 5.41) is 17.3. The van der Waals surface area contributed by atoms with Crippen molar-refractivity contribution in [1.82, 2.24) is 0 Å². The minimum Gasteiger partial charge on any atom is -0.479 e. The fraction of sp³-hybridized carbons (Fsp3) is 0.857. The lowest BCUT2D eigenvalue weighted by atomic mass is 10.00. The summed E-state index contributed by atoms with van der Waals surface area (Å²) in [4.78, 5) is 10.2. The molecule has 0 saturated carbocycles. The predicted octanol–water partition coefficient (Wildman–Crippen LogP) is 0.868. The molecule has 1 unspecified atom stereocenters. The van der Waals surface area contributed by atoms with Crippen LogP contribution in [0.2, 0.25) is 0 Å². The number of aliphatic hydroxyl groups excluding tert-OH is 1. The van der Waals surface area contributed by atoms with Gasteiger partial charge in [-0.25, -0.2) is 4.79 Å². The van der Waals surface area contributed by atoms with Crippen LogP contribution in [-0.4, -0.2) is 22.3 Å². The lowest BCUT2D eigenvalue weighted by molar-refractivity contribution is -0.149. The SMILES string of the molecule is CCC[C@H](C)C(O)C(=O)O. The number of carboxylic acids is 1. The Morgan fingerprint density at radius 3 is 2.40 bits per heavy atom. The molecule has 0 aliphatic rings. The molecule has 3 heteroatoms. The molecule has 0 amide bonds.